The summed E-state index contributed by atoms with van der Waals surface area (Å²) >= 11 is 1.48. The number of nitrogens with zero attached hydrogens (tertiary/aromatic N) is 1. The van der Waals surface area contributed by atoms with Crippen LogP contribution in [0.25, 0.3) is 0 Å². The van der Waals surface area contributed by atoms with Crippen molar-refractivity contribution in [2.75, 3.05) is 11.5 Å². The van der Waals surface area contributed by atoms with E-state index < -0.39 is 0 Å². The predicted molar refractivity (Wildman–Crippen MR) is 78.8 cm³/mol. The maximum Gasteiger partial charge on any atom is 0.316 e. The molecule has 0 aromatic heterocycles. The van der Waals surface area contributed by atoms with Gasteiger partial charge in [-0.3, -0.25) is 4.79 Å². The molecule has 0 heterocycles. The molecule has 1 rings (SSSR count). The third-order valence-electron chi connectivity index (χ3n) is 3.78. The van der Waals surface area contributed by atoms with Gasteiger partial charge in [0.1, 0.15) is 6.10 Å². The van der Waals surface area contributed by atoms with E-state index in [1.165, 1.54) is 11.8 Å². The lowest BCUT2D eigenvalue weighted by atomic mass is 9.72. The van der Waals surface area contributed by atoms with Crippen molar-refractivity contribution in [3.8, 4) is 6.07 Å². The SMILES string of the molecule is CC(C)(C)C1CCC(OC(=O)CSCCC#N)CC1. The summed E-state index contributed by atoms with van der Waals surface area (Å²) in [5, 5.41) is 8.40. The molecule has 1 aliphatic rings. The summed E-state index contributed by atoms with van der Waals surface area (Å²) in [5.41, 5.74) is 0.363. The largest absolute Gasteiger partial charge is 0.462 e. The van der Waals surface area contributed by atoms with Gasteiger partial charge in [0.25, 0.3) is 0 Å². The van der Waals surface area contributed by atoms with Gasteiger partial charge in [-0.25, -0.2) is 0 Å². The van der Waals surface area contributed by atoms with Crippen LogP contribution in [0.4, 0.5) is 0 Å². The molecule has 0 radical (unpaired) electrons. The number of ether oxygens (including phenoxy) is 1. The summed E-state index contributed by atoms with van der Waals surface area (Å²) < 4.78 is 5.49. The standard InChI is InChI=1S/C15H25NO2S/c1-15(2,3)12-5-7-13(8-6-12)18-14(17)11-19-10-4-9-16/h12-13H,4-8,10-11H2,1-3H3. The van der Waals surface area contributed by atoms with Crippen LogP contribution >= 0.6 is 11.8 Å². The fourth-order valence-corrected chi connectivity index (χ4v) is 3.15. The van der Waals surface area contributed by atoms with Gasteiger partial charge in [-0.2, -0.15) is 5.26 Å². The topological polar surface area (TPSA) is 50.1 Å². The van der Waals surface area contributed by atoms with Crippen LogP contribution in [0.5, 0.6) is 0 Å². The molecule has 0 aromatic carbocycles. The minimum absolute atomic E-state index is 0.114. The summed E-state index contributed by atoms with van der Waals surface area (Å²) in [6, 6.07) is 2.07. The van der Waals surface area contributed by atoms with Gasteiger partial charge in [0.05, 0.1) is 11.8 Å². The Hall–Kier alpha value is -0.690. The van der Waals surface area contributed by atoms with Crippen LogP contribution in [0.1, 0.15) is 52.9 Å². The number of hydrogen-bond donors (Lipinski definition) is 0. The van der Waals surface area contributed by atoms with E-state index in [-0.39, 0.29) is 12.1 Å². The monoisotopic (exact) mass is 283 g/mol. The second kappa shape index (κ2) is 7.79. The number of nitriles is 1. The Bertz CT molecular complexity index is 322. The molecule has 0 saturated heterocycles. The molecule has 0 aliphatic heterocycles. The van der Waals surface area contributed by atoms with Crippen LogP contribution < -0.4 is 0 Å². The number of esters is 1. The van der Waals surface area contributed by atoms with Crippen molar-refractivity contribution in [1.29, 1.82) is 5.26 Å². The van der Waals surface area contributed by atoms with Crippen LogP contribution in [-0.2, 0) is 9.53 Å². The number of carbonyl (C=O) groups excluding carboxylic acids is 1. The van der Waals surface area contributed by atoms with Crippen LogP contribution in [-0.4, -0.2) is 23.6 Å². The van der Waals surface area contributed by atoms with Crippen molar-refractivity contribution in [2.45, 2.75) is 59.0 Å². The molecular weight excluding hydrogens is 258 g/mol. The summed E-state index contributed by atoms with van der Waals surface area (Å²) in [4.78, 5) is 11.6. The second-order valence-electron chi connectivity index (χ2n) is 6.29. The number of hydrogen-bond acceptors (Lipinski definition) is 4. The van der Waals surface area contributed by atoms with Gasteiger partial charge < -0.3 is 4.74 Å². The van der Waals surface area contributed by atoms with E-state index in [1.807, 2.05) is 0 Å². The van der Waals surface area contributed by atoms with Crippen LogP contribution in [0, 0.1) is 22.7 Å². The zero-order valence-electron chi connectivity index (χ0n) is 12.3. The van der Waals surface area contributed by atoms with E-state index >= 15 is 0 Å². The van der Waals surface area contributed by atoms with Crippen molar-refractivity contribution in [3.63, 3.8) is 0 Å². The Morgan fingerprint density at radius 1 is 1.32 bits per heavy atom. The van der Waals surface area contributed by atoms with E-state index in [2.05, 4.69) is 26.8 Å². The predicted octanol–water partition coefficient (Wildman–Crippen LogP) is 3.78. The highest BCUT2D eigenvalue weighted by atomic mass is 32.2. The Morgan fingerprint density at radius 3 is 2.47 bits per heavy atom. The summed E-state index contributed by atoms with van der Waals surface area (Å²) in [7, 11) is 0. The van der Waals surface area contributed by atoms with Crippen LogP contribution in [0.15, 0.2) is 0 Å². The van der Waals surface area contributed by atoms with E-state index in [4.69, 9.17) is 10.00 Å². The summed E-state index contributed by atoms with van der Waals surface area (Å²) in [6.45, 7) is 6.86. The van der Waals surface area contributed by atoms with Gasteiger partial charge in [0.2, 0.25) is 0 Å². The smallest absolute Gasteiger partial charge is 0.316 e. The highest BCUT2D eigenvalue weighted by molar-refractivity contribution is 7.99. The van der Waals surface area contributed by atoms with Gasteiger partial charge in [0.15, 0.2) is 0 Å². The molecule has 0 bridgehead atoms. The van der Waals surface area contributed by atoms with Crippen molar-refractivity contribution < 1.29 is 9.53 Å². The second-order valence-corrected chi connectivity index (χ2v) is 7.40. The lowest BCUT2D eigenvalue weighted by Crippen LogP contribution is -2.30. The van der Waals surface area contributed by atoms with Crippen LogP contribution in [0.2, 0.25) is 0 Å². The fourth-order valence-electron chi connectivity index (χ4n) is 2.54. The lowest BCUT2D eigenvalue weighted by molar-refractivity contribution is -0.148. The molecule has 19 heavy (non-hydrogen) atoms. The van der Waals surface area contributed by atoms with Crippen molar-refractivity contribution >= 4 is 17.7 Å². The fraction of sp³-hybridized carbons (Fsp3) is 0.867. The zero-order chi connectivity index (χ0) is 14.3. The Kier molecular flexibility index (Phi) is 6.71. The molecular formula is C15H25NO2S. The van der Waals surface area contributed by atoms with Crippen molar-refractivity contribution in [1.82, 2.24) is 0 Å². The van der Waals surface area contributed by atoms with Crippen LogP contribution in [0.3, 0.4) is 0 Å². The average molecular weight is 283 g/mol. The molecule has 108 valence electrons. The molecule has 0 spiro atoms. The average Bonchev–Trinajstić information content (AvgIpc) is 2.34. The Morgan fingerprint density at radius 2 is 1.95 bits per heavy atom. The lowest BCUT2D eigenvalue weighted by Gasteiger charge is -2.36. The maximum atomic E-state index is 11.6. The molecule has 1 aliphatic carbocycles. The molecule has 0 atom stereocenters. The number of carbonyl (C=O) groups is 1. The van der Waals surface area contributed by atoms with E-state index in [0.717, 1.165) is 31.6 Å². The molecule has 0 aromatic rings. The molecule has 1 saturated carbocycles. The minimum Gasteiger partial charge on any atom is -0.462 e. The van der Waals surface area contributed by atoms with Crippen molar-refractivity contribution in [3.05, 3.63) is 0 Å². The maximum absolute atomic E-state index is 11.6. The third-order valence-corrected chi connectivity index (χ3v) is 4.71. The third kappa shape index (κ3) is 6.33. The molecule has 1 fully saturated rings. The molecule has 0 amide bonds. The van der Waals surface area contributed by atoms with Gasteiger partial charge in [-0.05, 0) is 37.0 Å². The first-order chi connectivity index (χ1) is 8.93. The first-order valence-electron chi connectivity index (χ1n) is 7.07. The highest BCUT2D eigenvalue weighted by Crippen LogP contribution is 2.38. The first kappa shape index (κ1) is 16.4. The number of thioether (sulfide) groups is 1. The summed E-state index contributed by atoms with van der Waals surface area (Å²) in [5.74, 6) is 1.71. The van der Waals surface area contributed by atoms with Crippen molar-refractivity contribution in [2.24, 2.45) is 11.3 Å². The minimum atomic E-state index is -0.123. The molecule has 0 unspecified atom stereocenters. The quantitative estimate of drug-likeness (QED) is 0.569. The van der Waals surface area contributed by atoms with Gasteiger partial charge in [-0.15, -0.1) is 11.8 Å². The molecule has 0 N–H and O–H groups in total. The zero-order valence-corrected chi connectivity index (χ0v) is 13.1. The normalized spacial score (nSPS) is 23.7. The highest BCUT2D eigenvalue weighted by Gasteiger charge is 2.30. The summed E-state index contributed by atoms with van der Waals surface area (Å²) in [6.07, 6.45) is 4.91. The van der Waals surface area contributed by atoms with Gasteiger partial charge in [0, 0.05) is 12.2 Å². The molecule has 3 nitrogen and oxygen atoms in total. The Labute approximate surface area is 121 Å². The number of rotatable bonds is 5. The Balaban J connectivity index is 2.18. The first-order valence-corrected chi connectivity index (χ1v) is 8.23. The van der Waals surface area contributed by atoms with E-state index in [1.54, 1.807) is 0 Å². The molecule has 4 heteroatoms. The van der Waals surface area contributed by atoms with Gasteiger partial charge >= 0.3 is 5.97 Å². The van der Waals surface area contributed by atoms with E-state index in [0.29, 0.717) is 23.3 Å². The van der Waals surface area contributed by atoms with E-state index in [9.17, 15) is 4.79 Å². The van der Waals surface area contributed by atoms with Gasteiger partial charge in [-0.1, -0.05) is 20.8 Å².